The van der Waals surface area contributed by atoms with Gasteiger partial charge in [0, 0.05) is 32.2 Å². The number of aliphatic hydroxyl groups is 3. The van der Waals surface area contributed by atoms with Crippen LogP contribution in [0.4, 0.5) is 0 Å². The molecule has 3 N–H and O–H groups in total. The Morgan fingerprint density at radius 1 is 1.05 bits per heavy atom. The highest BCUT2D eigenvalue weighted by Gasteiger charge is 2.56. The predicted octanol–water partition coefficient (Wildman–Crippen LogP) is -2.01. The van der Waals surface area contributed by atoms with E-state index in [-0.39, 0.29) is 57.4 Å². The Bertz CT molecular complexity index is 635. The van der Waals surface area contributed by atoms with Crippen molar-refractivity contribution >= 4 is 23.2 Å². The van der Waals surface area contributed by atoms with Gasteiger partial charge in [-0.05, 0) is 13.8 Å². The standard InChI is InChI=1S/C21H40O15S2/c1-21(2)32-15(9-38-8-13(23)17(24)16(38)6-22)19(34-37-36-35-25)20(33-21)18(31-12-28-5)14(30-11-27-4)7-29-10-26-3/h13-20,22-24H,6-12H2,1-5H3/t13-,14-,15-,16-,17+,18+,19-,20+,38?/m1/s1. The van der Waals surface area contributed by atoms with E-state index in [0.29, 0.717) is 0 Å². The molecule has 2 aliphatic rings. The second-order valence-electron chi connectivity index (χ2n) is 8.98. The van der Waals surface area contributed by atoms with E-state index in [9.17, 15) is 20.6 Å². The van der Waals surface area contributed by atoms with Gasteiger partial charge in [-0.25, -0.2) is 0 Å². The Morgan fingerprint density at radius 2 is 1.74 bits per heavy atom. The fourth-order valence-corrected chi connectivity index (χ4v) is 7.45. The van der Waals surface area contributed by atoms with Gasteiger partial charge >= 0.3 is 0 Å². The van der Waals surface area contributed by atoms with Crippen LogP contribution in [0.15, 0.2) is 0 Å². The summed E-state index contributed by atoms with van der Waals surface area (Å²) < 4.78 is 55.2. The van der Waals surface area contributed by atoms with Crippen molar-refractivity contribution in [2.45, 2.75) is 67.6 Å². The van der Waals surface area contributed by atoms with Crippen molar-refractivity contribution in [1.82, 2.24) is 0 Å². The molecular weight excluding hydrogens is 556 g/mol. The van der Waals surface area contributed by atoms with Gasteiger partial charge < -0.3 is 58.5 Å². The van der Waals surface area contributed by atoms with Crippen molar-refractivity contribution in [3.8, 4) is 0 Å². The highest BCUT2D eigenvalue weighted by molar-refractivity contribution is 7.97. The van der Waals surface area contributed by atoms with Crippen LogP contribution in [0.1, 0.15) is 13.8 Å². The molecule has 0 amide bonds. The van der Waals surface area contributed by atoms with Crippen molar-refractivity contribution in [2.75, 3.05) is 66.4 Å². The summed E-state index contributed by atoms with van der Waals surface area (Å²) in [6.45, 7) is 2.89. The molecule has 17 heteroatoms. The van der Waals surface area contributed by atoms with E-state index in [1.807, 2.05) is 0 Å². The zero-order chi connectivity index (χ0) is 28.1. The Morgan fingerprint density at radius 3 is 2.37 bits per heavy atom. The second kappa shape index (κ2) is 17.8. The van der Waals surface area contributed by atoms with Crippen LogP contribution < -0.4 is 5.26 Å². The molecule has 2 aliphatic heterocycles. The first kappa shape index (κ1) is 34.3. The molecule has 2 fully saturated rings. The molecule has 226 valence electrons. The van der Waals surface area contributed by atoms with Gasteiger partial charge in [-0.2, -0.15) is 0 Å². The number of hydrogen-bond donors (Lipinski definition) is 3. The number of ether oxygens (including phenoxy) is 8. The monoisotopic (exact) mass is 596 g/mol. The van der Waals surface area contributed by atoms with Crippen molar-refractivity contribution in [3.05, 3.63) is 0 Å². The van der Waals surface area contributed by atoms with Gasteiger partial charge in [-0.15, -0.1) is 4.33 Å². The molecule has 2 saturated heterocycles. The lowest BCUT2D eigenvalue weighted by Crippen LogP contribution is -2.63. The molecule has 9 atom stereocenters. The third-order valence-electron chi connectivity index (χ3n) is 5.85. The maximum absolute atomic E-state index is 10.4. The molecule has 0 bridgehead atoms. The zero-order valence-electron chi connectivity index (χ0n) is 22.1. The summed E-state index contributed by atoms with van der Waals surface area (Å²) in [5, 5.41) is 43.7. The summed E-state index contributed by atoms with van der Waals surface area (Å²) >= 11 is 0.282. The van der Waals surface area contributed by atoms with Crippen LogP contribution >= 0.6 is 12.3 Å². The van der Waals surface area contributed by atoms with E-state index in [1.54, 1.807) is 13.8 Å². The van der Waals surface area contributed by atoms with Crippen LogP contribution in [0, 0.1) is 0 Å². The van der Waals surface area contributed by atoms with Crippen LogP contribution in [0.2, 0.25) is 0 Å². The molecule has 0 radical (unpaired) electrons. The summed E-state index contributed by atoms with van der Waals surface area (Å²) in [6, 6.07) is 0. The topological polar surface area (TPSA) is 185 Å². The molecule has 0 aliphatic carbocycles. The average molecular weight is 597 g/mol. The molecule has 2 rings (SSSR count). The summed E-state index contributed by atoms with van der Waals surface area (Å²) in [4.78, 5) is 0. The van der Waals surface area contributed by atoms with Crippen molar-refractivity contribution in [2.24, 2.45) is 0 Å². The van der Waals surface area contributed by atoms with Gasteiger partial charge in [0.25, 0.3) is 0 Å². The predicted molar refractivity (Wildman–Crippen MR) is 130 cm³/mol. The van der Waals surface area contributed by atoms with E-state index in [2.05, 4.69) is 9.37 Å². The van der Waals surface area contributed by atoms with Crippen LogP contribution in [0.25, 0.3) is 0 Å². The SMILES string of the molecule is COCOC[C@@H](OCOC)[C@H](OCOC)[C@@H]1OC(C)(C)O[C@H](C[S+]2C[C@@H](O)[C@H](O)[C@H]2CO)[C@H]1OSOO[O-]. The van der Waals surface area contributed by atoms with Crippen LogP contribution in [-0.4, -0.2) is 136 Å². The lowest BCUT2D eigenvalue weighted by atomic mass is 9.97. The number of rotatable bonds is 19. The molecule has 15 nitrogen and oxygen atoms in total. The smallest absolute Gasteiger partial charge is 0.194 e. The molecule has 0 saturated carbocycles. The first-order valence-electron chi connectivity index (χ1n) is 11.8. The third kappa shape index (κ3) is 10.2. The number of hydrogen-bond acceptors (Lipinski definition) is 16. The van der Waals surface area contributed by atoms with Gasteiger partial charge in [-0.3, -0.25) is 9.22 Å². The molecule has 1 unspecified atom stereocenters. The minimum absolute atomic E-state index is 0.00689. The highest BCUT2D eigenvalue weighted by Crippen LogP contribution is 2.37. The Labute approximate surface area is 229 Å². The van der Waals surface area contributed by atoms with Crippen LogP contribution in [-0.2, 0) is 62.3 Å². The first-order valence-corrected chi connectivity index (χ1v) is 14.1. The van der Waals surface area contributed by atoms with E-state index in [0.717, 1.165) is 0 Å². The minimum Gasteiger partial charge on any atom is -0.691 e. The quantitative estimate of drug-likeness (QED) is 0.0371. The maximum atomic E-state index is 10.4. The molecule has 0 aromatic heterocycles. The van der Waals surface area contributed by atoms with Crippen LogP contribution in [0.3, 0.4) is 0 Å². The average Bonchev–Trinajstić information content (AvgIpc) is 3.14. The molecule has 0 aromatic carbocycles. The number of aliphatic hydroxyl groups excluding tert-OH is 3. The number of methoxy groups -OCH3 is 3. The van der Waals surface area contributed by atoms with Gasteiger partial charge in [-0.1, -0.05) is 0 Å². The summed E-state index contributed by atoms with van der Waals surface area (Å²) in [7, 11) is 3.75. The lowest BCUT2D eigenvalue weighted by molar-refractivity contribution is -0.777. The fourth-order valence-electron chi connectivity index (χ4n) is 4.34. The molecule has 38 heavy (non-hydrogen) atoms. The van der Waals surface area contributed by atoms with Crippen molar-refractivity contribution in [3.63, 3.8) is 0 Å². The maximum Gasteiger partial charge on any atom is 0.194 e. The molecule has 2 heterocycles. The summed E-state index contributed by atoms with van der Waals surface area (Å²) in [6.07, 6.45) is -6.30. The lowest BCUT2D eigenvalue weighted by Gasteiger charge is -2.47. The Balaban J connectivity index is 2.40. The van der Waals surface area contributed by atoms with Crippen LogP contribution in [0.5, 0.6) is 0 Å². The van der Waals surface area contributed by atoms with E-state index in [4.69, 9.17) is 42.1 Å². The van der Waals surface area contributed by atoms with Crippen molar-refractivity contribution in [1.29, 1.82) is 0 Å². The van der Waals surface area contributed by atoms with Gasteiger partial charge in [0.2, 0.25) is 0 Å². The molecule has 0 aromatic rings. The zero-order valence-corrected chi connectivity index (χ0v) is 23.8. The fraction of sp³-hybridized carbons (Fsp3) is 1.00. The first-order chi connectivity index (χ1) is 18.2. The Hall–Kier alpha value is 0.1000. The normalized spacial score (nSPS) is 32.9. The van der Waals surface area contributed by atoms with E-state index in [1.165, 1.54) is 21.3 Å². The molecular formula is C21H40O15S2. The van der Waals surface area contributed by atoms with E-state index >= 15 is 0 Å². The second-order valence-corrected chi connectivity index (χ2v) is 11.8. The molecule has 0 spiro atoms. The van der Waals surface area contributed by atoms with Gasteiger partial charge in [0.1, 0.15) is 74.6 Å². The highest BCUT2D eigenvalue weighted by atomic mass is 32.2. The van der Waals surface area contributed by atoms with E-state index < -0.39 is 64.7 Å². The third-order valence-corrected chi connectivity index (χ3v) is 9.07. The van der Waals surface area contributed by atoms with Gasteiger partial charge in [0.15, 0.2) is 23.4 Å². The minimum atomic E-state index is -1.15. The largest absolute Gasteiger partial charge is 0.691 e. The summed E-state index contributed by atoms with van der Waals surface area (Å²) in [5.41, 5.74) is 0. The summed E-state index contributed by atoms with van der Waals surface area (Å²) in [5.74, 6) is -0.599. The van der Waals surface area contributed by atoms with Crippen molar-refractivity contribution < 1.29 is 72.0 Å². The Kier molecular flexibility index (Phi) is 16.1. The van der Waals surface area contributed by atoms with Gasteiger partial charge in [0.05, 0.1) is 13.2 Å².